The van der Waals surface area contributed by atoms with Crippen LogP contribution in [0.3, 0.4) is 0 Å². The van der Waals surface area contributed by atoms with Gasteiger partial charge in [-0.15, -0.1) is 0 Å². The molecule has 0 aliphatic rings. The molecule has 0 saturated carbocycles. The lowest BCUT2D eigenvalue weighted by atomic mass is 9.91. The Morgan fingerprint density at radius 1 is 1.27 bits per heavy atom. The van der Waals surface area contributed by atoms with Crippen LogP contribution in [0.25, 0.3) is 0 Å². The van der Waals surface area contributed by atoms with E-state index in [4.69, 9.17) is 0 Å². The summed E-state index contributed by atoms with van der Waals surface area (Å²) in [5.74, 6) is -0.0673. The van der Waals surface area contributed by atoms with Crippen molar-refractivity contribution in [2.75, 3.05) is 6.54 Å². The van der Waals surface area contributed by atoms with Gasteiger partial charge in [-0.1, -0.05) is 48.9 Å². The molecule has 0 bridgehead atoms. The van der Waals surface area contributed by atoms with Gasteiger partial charge in [0.05, 0.1) is 11.5 Å². The molecule has 0 aliphatic heterocycles. The second-order valence-corrected chi connectivity index (χ2v) is 5.52. The highest BCUT2D eigenvalue weighted by atomic mass is 16.1. The van der Waals surface area contributed by atoms with Gasteiger partial charge in [-0.05, 0) is 38.8 Å². The largest absolute Gasteiger partial charge is 0.352 e. The van der Waals surface area contributed by atoms with Crippen LogP contribution in [0.1, 0.15) is 42.6 Å². The van der Waals surface area contributed by atoms with Gasteiger partial charge in [0, 0.05) is 12.1 Å². The molecule has 1 N–H and O–H groups in total. The van der Waals surface area contributed by atoms with Crippen LogP contribution in [0, 0.1) is 23.7 Å². The first kappa shape index (κ1) is 17.7. The summed E-state index contributed by atoms with van der Waals surface area (Å²) in [4.78, 5) is 11.9. The number of carbonyl (C=O) groups is 1. The zero-order valence-electron chi connectivity index (χ0n) is 13.6. The van der Waals surface area contributed by atoms with Crippen molar-refractivity contribution in [3.8, 4) is 6.07 Å². The number of amides is 1. The Labute approximate surface area is 133 Å². The topological polar surface area (TPSA) is 52.9 Å². The number of carbonyl (C=O) groups excluding carboxylic acids is 1. The van der Waals surface area contributed by atoms with Gasteiger partial charge in [0.1, 0.15) is 0 Å². The second-order valence-electron chi connectivity index (χ2n) is 5.52. The lowest BCUT2D eigenvalue weighted by molar-refractivity contribution is 0.0954. The number of rotatable bonds is 7. The zero-order valence-corrected chi connectivity index (χ0v) is 13.6. The minimum absolute atomic E-state index is 0.0673. The fraction of sp³-hybridized carbons (Fsp3) is 0.368. The van der Waals surface area contributed by atoms with E-state index in [1.54, 1.807) is 0 Å². The van der Waals surface area contributed by atoms with Crippen molar-refractivity contribution >= 4 is 5.91 Å². The van der Waals surface area contributed by atoms with Crippen LogP contribution in [0.15, 0.2) is 48.6 Å². The van der Waals surface area contributed by atoms with E-state index in [9.17, 15) is 10.1 Å². The van der Waals surface area contributed by atoms with Crippen LogP contribution in [-0.4, -0.2) is 12.5 Å². The molecule has 0 spiro atoms. The highest BCUT2D eigenvalue weighted by Gasteiger charge is 2.14. The molecule has 116 valence electrons. The summed E-state index contributed by atoms with van der Waals surface area (Å²) in [5.41, 5.74) is 1.23. The third-order valence-electron chi connectivity index (χ3n) is 3.32. The van der Waals surface area contributed by atoms with E-state index in [-0.39, 0.29) is 5.91 Å². The van der Waals surface area contributed by atoms with Crippen molar-refractivity contribution in [3.05, 3.63) is 59.7 Å². The molecule has 0 saturated heterocycles. The Morgan fingerprint density at radius 3 is 2.50 bits per heavy atom. The Bertz CT molecular complexity index is 578. The smallest absolute Gasteiger partial charge is 0.251 e. The quantitative estimate of drug-likeness (QED) is 0.606. The summed E-state index contributed by atoms with van der Waals surface area (Å²) in [5, 5.41) is 12.1. The fourth-order valence-electron chi connectivity index (χ4n) is 1.90. The average molecular weight is 296 g/mol. The van der Waals surface area contributed by atoms with Crippen LogP contribution < -0.4 is 5.32 Å². The third-order valence-corrected chi connectivity index (χ3v) is 3.32. The molecule has 3 nitrogen and oxygen atoms in total. The molecule has 0 aliphatic carbocycles. The summed E-state index contributed by atoms with van der Waals surface area (Å²) in [6.07, 6.45) is 9.35. The monoisotopic (exact) mass is 296 g/mol. The molecular weight excluding hydrogens is 272 g/mol. The highest BCUT2D eigenvalue weighted by Crippen LogP contribution is 2.19. The van der Waals surface area contributed by atoms with Crippen LogP contribution in [0.5, 0.6) is 0 Å². The Hall–Kier alpha value is -2.34. The first-order valence-electron chi connectivity index (χ1n) is 7.62. The van der Waals surface area contributed by atoms with Gasteiger partial charge in [0.15, 0.2) is 0 Å². The normalized spacial score (nSPS) is 13.9. The summed E-state index contributed by atoms with van der Waals surface area (Å²) < 4.78 is 0. The number of aryl methyl sites for hydroxylation is 1. The van der Waals surface area contributed by atoms with Crippen LogP contribution >= 0.6 is 0 Å². The molecule has 1 amide bonds. The third kappa shape index (κ3) is 5.97. The lowest BCUT2D eigenvalue weighted by Crippen LogP contribution is -2.24. The van der Waals surface area contributed by atoms with Crippen molar-refractivity contribution in [1.29, 1.82) is 5.26 Å². The first-order chi connectivity index (χ1) is 10.5. The predicted octanol–water partition coefficient (Wildman–Crippen LogP) is 4.17. The number of allylic oxidation sites excluding steroid dienone is 3. The SMILES string of the molecule is CC/C=C\C(C)(C#N)/C=C\CCNC(=O)c1ccc(C)cc1. The minimum Gasteiger partial charge on any atom is -0.352 e. The molecule has 22 heavy (non-hydrogen) atoms. The molecule has 1 atom stereocenters. The molecule has 0 aromatic heterocycles. The number of nitrogens with one attached hydrogen (secondary N) is 1. The molecule has 1 rings (SSSR count). The van der Waals surface area contributed by atoms with Crippen molar-refractivity contribution in [3.63, 3.8) is 0 Å². The lowest BCUT2D eigenvalue weighted by Gasteiger charge is -2.10. The molecule has 0 radical (unpaired) electrons. The molecule has 1 aromatic rings. The molecule has 1 aromatic carbocycles. The summed E-state index contributed by atoms with van der Waals surface area (Å²) in [6.45, 7) is 6.47. The van der Waals surface area contributed by atoms with E-state index in [1.165, 1.54) is 0 Å². The Balaban J connectivity index is 2.43. The van der Waals surface area contributed by atoms with Crippen LogP contribution in [0.4, 0.5) is 0 Å². The molecule has 3 heteroatoms. The fourth-order valence-corrected chi connectivity index (χ4v) is 1.90. The van der Waals surface area contributed by atoms with E-state index in [0.717, 1.165) is 12.0 Å². The number of nitrogens with zero attached hydrogens (tertiary/aromatic N) is 1. The predicted molar refractivity (Wildman–Crippen MR) is 90.4 cm³/mol. The van der Waals surface area contributed by atoms with E-state index in [2.05, 4.69) is 11.4 Å². The van der Waals surface area contributed by atoms with Crippen molar-refractivity contribution < 1.29 is 4.79 Å². The van der Waals surface area contributed by atoms with Gasteiger partial charge in [0.25, 0.3) is 5.91 Å². The van der Waals surface area contributed by atoms with Crippen LogP contribution in [0.2, 0.25) is 0 Å². The average Bonchev–Trinajstić information content (AvgIpc) is 2.53. The van der Waals surface area contributed by atoms with E-state index in [0.29, 0.717) is 18.5 Å². The maximum absolute atomic E-state index is 11.9. The molecule has 0 fully saturated rings. The van der Waals surface area contributed by atoms with E-state index < -0.39 is 5.41 Å². The van der Waals surface area contributed by atoms with Gasteiger partial charge in [-0.25, -0.2) is 0 Å². The van der Waals surface area contributed by atoms with Crippen molar-refractivity contribution in [2.45, 2.75) is 33.6 Å². The van der Waals surface area contributed by atoms with E-state index in [1.807, 2.05) is 69.3 Å². The standard InChI is InChI=1S/C19H24N2O/c1-4-5-12-19(3,15-20)13-6-7-14-21-18(22)17-10-8-16(2)9-11-17/h5-6,8-13H,4,7,14H2,1-3H3,(H,21,22)/b12-5-,13-6-. The summed E-state index contributed by atoms with van der Waals surface area (Å²) in [7, 11) is 0. The van der Waals surface area contributed by atoms with E-state index >= 15 is 0 Å². The van der Waals surface area contributed by atoms with Gasteiger partial charge in [-0.3, -0.25) is 4.79 Å². The second kappa shape index (κ2) is 8.84. The number of benzene rings is 1. The zero-order chi connectivity index (χ0) is 16.4. The molecule has 1 unspecified atom stereocenters. The number of hydrogen-bond donors (Lipinski definition) is 1. The van der Waals surface area contributed by atoms with Gasteiger partial charge in [-0.2, -0.15) is 5.26 Å². The Morgan fingerprint density at radius 2 is 1.91 bits per heavy atom. The number of hydrogen-bond acceptors (Lipinski definition) is 2. The summed E-state index contributed by atoms with van der Waals surface area (Å²) >= 11 is 0. The Kier molecular flexibility index (Phi) is 7.12. The maximum atomic E-state index is 11.9. The summed E-state index contributed by atoms with van der Waals surface area (Å²) in [6, 6.07) is 9.78. The molecular formula is C19H24N2O. The van der Waals surface area contributed by atoms with Crippen molar-refractivity contribution in [2.24, 2.45) is 5.41 Å². The molecule has 0 heterocycles. The highest BCUT2D eigenvalue weighted by molar-refractivity contribution is 5.94. The van der Waals surface area contributed by atoms with Gasteiger partial charge >= 0.3 is 0 Å². The first-order valence-corrected chi connectivity index (χ1v) is 7.62. The van der Waals surface area contributed by atoms with Crippen LogP contribution in [-0.2, 0) is 0 Å². The van der Waals surface area contributed by atoms with Crippen molar-refractivity contribution in [1.82, 2.24) is 5.32 Å². The van der Waals surface area contributed by atoms with Gasteiger partial charge in [0.2, 0.25) is 0 Å². The maximum Gasteiger partial charge on any atom is 0.251 e. The minimum atomic E-state index is -0.572. The number of nitriles is 1. The van der Waals surface area contributed by atoms with Gasteiger partial charge < -0.3 is 5.32 Å².